The zero-order chi connectivity index (χ0) is 9.35. The maximum absolute atomic E-state index is 7.51. The van der Waals surface area contributed by atoms with Crippen molar-refractivity contribution in [3.63, 3.8) is 0 Å². The highest BCUT2D eigenvalue weighted by Gasteiger charge is 2.13. The van der Waals surface area contributed by atoms with Crippen LogP contribution in [0.15, 0.2) is 18.5 Å². The van der Waals surface area contributed by atoms with E-state index in [9.17, 15) is 0 Å². The fourth-order valence-corrected chi connectivity index (χ4v) is 0.618. The highest BCUT2D eigenvalue weighted by Crippen LogP contribution is 2.17. The molecule has 1 rings (SSSR count). The maximum Gasteiger partial charge on any atom is 0.115 e. The Morgan fingerprint density at radius 3 is 2.70 bits per heavy atom. The molecule has 0 unspecified atom stereocenters. The van der Waals surface area contributed by atoms with Crippen LogP contribution in [-0.2, 0) is 5.41 Å². The number of aromatic nitrogens is 2. The van der Waals surface area contributed by atoms with Gasteiger partial charge in [-0.2, -0.15) is 0 Å². The van der Waals surface area contributed by atoms with Gasteiger partial charge >= 0.3 is 0 Å². The molecule has 0 aliphatic heterocycles. The summed E-state index contributed by atoms with van der Waals surface area (Å²) in [5.74, 6) is 0. The van der Waals surface area contributed by atoms with Gasteiger partial charge < -0.3 is 0 Å². The molecule has 0 bridgehead atoms. The Morgan fingerprint density at radius 1 is 1.50 bits per heavy atom. The van der Waals surface area contributed by atoms with Crippen molar-refractivity contribution in [1.82, 2.24) is 9.97 Å². The summed E-state index contributed by atoms with van der Waals surface area (Å²) in [7, 11) is 0. The van der Waals surface area contributed by atoms with Gasteiger partial charge in [0.25, 0.3) is 0 Å². The second-order valence-corrected chi connectivity index (χ2v) is 3.21. The Hall–Kier alpha value is -0.920. The summed E-state index contributed by atoms with van der Waals surface area (Å²) >= 11 is 0. The third-order valence-electron chi connectivity index (χ3n) is 1.20. The molecule has 10 heavy (non-hydrogen) atoms. The SMILES string of the molecule is [2H]c1ncc([2H])c(C(C)(C)C)n1. The van der Waals surface area contributed by atoms with Gasteiger partial charge in [0.15, 0.2) is 0 Å². The molecule has 0 saturated carbocycles. The van der Waals surface area contributed by atoms with Gasteiger partial charge in [0, 0.05) is 17.3 Å². The summed E-state index contributed by atoms with van der Waals surface area (Å²) < 4.78 is 14.7. The number of hydrogen-bond donors (Lipinski definition) is 0. The van der Waals surface area contributed by atoms with Crippen LogP contribution in [0.1, 0.15) is 29.2 Å². The van der Waals surface area contributed by atoms with Crippen molar-refractivity contribution in [2.24, 2.45) is 0 Å². The molecule has 0 radical (unpaired) electrons. The summed E-state index contributed by atoms with van der Waals surface area (Å²) in [4.78, 5) is 7.53. The normalized spacial score (nSPS) is 14.3. The standard InChI is InChI=1S/C8H12N2/c1-8(2,3)7-4-5-9-6-10-7/h4-6H,1-3H3/i4D,6D. The zero-order valence-electron chi connectivity index (χ0n) is 8.47. The highest BCUT2D eigenvalue weighted by atomic mass is 14.8. The van der Waals surface area contributed by atoms with Gasteiger partial charge in [-0.25, -0.2) is 9.97 Å². The van der Waals surface area contributed by atoms with E-state index in [-0.39, 0.29) is 11.7 Å². The lowest BCUT2D eigenvalue weighted by Gasteiger charge is -2.16. The Labute approximate surface area is 64.1 Å². The predicted molar refractivity (Wildman–Crippen MR) is 40.7 cm³/mol. The van der Waals surface area contributed by atoms with E-state index in [0.29, 0.717) is 11.7 Å². The molecule has 0 N–H and O–H groups in total. The Bertz CT molecular complexity index is 292. The van der Waals surface area contributed by atoms with Crippen LogP contribution in [0.3, 0.4) is 0 Å². The first-order valence-electron chi connectivity index (χ1n) is 4.22. The highest BCUT2D eigenvalue weighted by molar-refractivity contribution is 5.09. The minimum absolute atomic E-state index is 0.0177. The van der Waals surface area contributed by atoms with Gasteiger partial charge in [0.1, 0.15) is 7.67 Å². The topological polar surface area (TPSA) is 25.8 Å². The van der Waals surface area contributed by atoms with E-state index < -0.39 is 0 Å². The van der Waals surface area contributed by atoms with Crippen molar-refractivity contribution in [3.05, 3.63) is 24.2 Å². The van der Waals surface area contributed by atoms with Gasteiger partial charge in [-0.05, 0) is 6.04 Å². The average Bonchev–Trinajstić information content (AvgIpc) is 1.92. The molecule has 0 aliphatic rings. The van der Waals surface area contributed by atoms with E-state index in [2.05, 4.69) is 9.97 Å². The monoisotopic (exact) mass is 138 g/mol. The molecule has 0 fully saturated rings. The molecular weight excluding hydrogens is 124 g/mol. The lowest BCUT2D eigenvalue weighted by molar-refractivity contribution is 0.567. The van der Waals surface area contributed by atoms with Crippen molar-refractivity contribution >= 4 is 0 Å². The summed E-state index contributed by atoms with van der Waals surface area (Å²) in [6.45, 7) is 5.90. The Balaban J connectivity index is 3.23. The van der Waals surface area contributed by atoms with E-state index >= 15 is 0 Å². The third-order valence-corrected chi connectivity index (χ3v) is 1.20. The molecule has 0 spiro atoms. The maximum atomic E-state index is 7.51. The van der Waals surface area contributed by atoms with Crippen molar-refractivity contribution in [1.29, 1.82) is 0 Å². The van der Waals surface area contributed by atoms with Crippen LogP contribution in [0.4, 0.5) is 0 Å². The van der Waals surface area contributed by atoms with Crippen LogP contribution >= 0.6 is 0 Å². The van der Waals surface area contributed by atoms with Crippen molar-refractivity contribution in [2.45, 2.75) is 26.2 Å². The smallest absolute Gasteiger partial charge is 0.115 e. The van der Waals surface area contributed by atoms with Gasteiger partial charge in [-0.1, -0.05) is 20.8 Å². The van der Waals surface area contributed by atoms with Crippen molar-refractivity contribution in [3.8, 4) is 0 Å². The van der Waals surface area contributed by atoms with Crippen LogP contribution in [0.25, 0.3) is 0 Å². The van der Waals surface area contributed by atoms with Crippen LogP contribution in [0.5, 0.6) is 0 Å². The lowest BCUT2D eigenvalue weighted by Crippen LogP contribution is -2.12. The summed E-state index contributed by atoms with van der Waals surface area (Å²) in [5.41, 5.74) is 0.443. The predicted octanol–water partition coefficient (Wildman–Crippen LogP) is 1.77. The third kappa shape index (κ3) is 1.53. The molecule has 1 aromatic rings. The van der Waals surface area contributed by atoms with Crippen LogP contribution in [-0.4, -0.2) is 9.97 Å². The molecule has 1 aromatic heterocycles. The largest absolute Gasteiger partial charge is 0.245 e. The molecular formula is C8H12N2. The first-order chi connectivity index (χ1) is 5.41. The molecule has 54 valence electrons. The Kier molecular flexibility index (Phi) is 1.14. The van der Waals surface area contributed by atoms with E-state index in [0.717, 1.165) is 0 Å². The molecule has 0 amide bonds. The van der Waals surface area contributed by atoms with Crippen molar-refractivity contribution in [2.75, 3.05) is 0 Å². The van der Waals surface area contributed by atoms with Gasteiger partial charge in [0.2, 0.25) is 0 Å². The van der Waals surface area contributed by atoms with Crippen LogP contribution in [0.2, 0.25) is 0 Å². The molecule has 0 aromatic carbocycles. The molecule has 2 heteroatoms. The average molecular weight is 138 g/mol. The lowest BCUT2D eigenvalue weighted by atomic mass is 9.92. The number of rotatable bonds is 0. The fourth-order valence-electron chi connectivity index (χ4n) is 0.618. The number of hydrogen-bond acceptors (Lipinski definition) is 2. The number of nitrogens with zero attached hydrogens (tertiary/aromatic N) is 2. The van der Waals surface area contributed by atoms with Gasteiger partial charge in [-0.3, -0.25) is 0 Å². The second-order valence-electron chi connectivity index (χ2n) is 3.21. The van der Waals surface area contributed by atoms with Gasteiger partial charge in [-0.15, -0.1) is 0 Å². The van der Waals surface area contributed by atoms with Crippen molar-refractivity contribution < 1.29 is 2.74 Å². The molecule has 0 saturated heterocycles. The zero-order valence-corrected chi connectivity index (χ0v) is 6.47. The molecule has 0 aliphatic carbocycles. The summed E-state index contributed by atoms with van der Waals surface area (Å²) in [5, 5.41) is 0. The summed E-state index contributed by atoms with van der Waals surface area (Å²) in [6, 6.07) is 0.304. The van der Waals surface area contributed by atoms with E-state index in [1.165, 1.54) is 6.20 Å². The van der Waals surface area contributed by atoms with E-state index in [4.69, 9.17) is 2.74 Å². The fraction of sp³-hybridized carbons (Fsp3) is 0.500. The minimum atomic E-state index is -0.185. The van der Waals surface area contributed by atoms with E-state index in [1.807, 2.05) is 20.8 Å². The molecule has 1 heterocycles. The molecule has 2 nitrogen and oxygen atoms in total. The van der Waals surface area contributed by atoms with E-state index in [1.54, 1.807) is 0 Å². The van der Waals surface area contributed by atoms with Gasteiger partial charge in [0.05, 0.1) is 1.37 Å². The quantitative estimate of drug-likeness (QED) is 0.546. The van der Waals surface area contributed by atoms with Crippen LogP contribution < -0.4 is 0 Å². The Morgan fingerprint density at radius 2 is 2.20 bits per heavy atom. The summed E-state index contributed by atoms with van der Waals surface area (Å²) in [6.07, 6.45) is 1.35. The first kappa shape index (κ1) is 4.83. The molecule has 0 atom stereocenters. The second kappa shape index (κ2) is 2.37. The minimum Gasteiger partial charge on any atom is -0.245 e. The van der Waals surface area contributed by atoms with Crippen LogP contribution in [0, 0.1) is 0 Å². The first-order valence-corrected chi connectivity index (χ1v) is 3.22.